The molecule has 0 aliphatic heterocycles. The quantitative estimate of drug-likeness (QED) is 0.378. The first-order chi connectivity index (χ1) is 13.8. The van der Waals surface area contributed by atoms with E-state index in [0.29, 0.717) is 0 Å². The van der Waals surface area contributed by atoms with E-state index in [1.54, 1.807) is 7.11 Å². The molecule has 3 heteroatoms. The third-order valence-electron chi connectivity index (χ3n) is 5.61. The van der Waals surface area contributed by atoms with Gasteiger partial charge in [0.25, 0.3) is 0 Å². The molecule has 1 N–H and O–H groups in total. The van der Waals surface area contributed by atoms with Gasteiger partial charge in [0.2, 0.25) is 0 Å². The molecule has 2 heterocycles. The van der Waals surface area contributed by atoms with E-state index in [-0.39, 0.29) is 0 Å². The number of ether oxygens (including phenoxy) is 1. The van der Waals surface area contributed by atoms with Crippen molar-refractivity contribution < 1.29 is 4.74 Å². The molecular weight excluding hydrogens is 344 g/mol. The number of aromatic nitrogens is 2. The van der Waals surface area contributed by atoms with Gasteiger partial charge in [0.1, 0.15) is 5.75 Å². The van der Waals surface area contributed by atoms with Crippen LogP contribution in [0.3, 0.4) is 0 Å². The molecule has 4 aromatic carbocycles. The molecule has 0 saturated carbocycles. The maximum atomic E-state index is 5.39. The van der Waals surface area contributed by atoms with Crippen molar-refractivity contribution in [2.24, 2.45) is 0 Å². The van der Waals surface area contributed by atoms with Crippen molar-refractivity contribution >= 4 is 43.6 Å². The van der Waals surface area contributed by atoms with Crippen LogP contribution in [0.2, 0.25) is 0 Å². The summed E-state index contributed by atoms with van der Waals surface area (Å²) in [6.07, 6.45) is 0. The van der Waals surface area contributed by atoms with E-state index in [1.807, 2.05) is 6.07 Å². The maximum absolute atomic E-state index is 5.39. The smallest absolute Gasteiger partial charge is 0.120 e. The normalized spacial score (nSPS) is 11.8. The van der Waals surface area contributed by atoms with Crippen molar-refractivity contribution in [2.45, 2.75) is 0 Å². The standard InChI is InChI=1S/C25H18N2O/c1-28-17-11-12-18-20-14-21-19-9-5-6-10-24(19)27(16-7-3-2-4-8-16)25(21)15-23(20)26-22(18)13-17/h2-15,26H,1H3. The van der Waals surface area contributed by atoms with Gasteiger partial charge < -0.3 is 14.3 Å². The topological polar surface area (TPSA) is 29.9 Å². The van der Waals surface area contributed by atoms with E-state index in [1.165, 1.54) is 38.3 Å². The molecule has 6 aromatic rings. The number of H-pyrrole nitrogens is 1. The summed E-state index contributed by atoms with van der Waals surface area (Å²) in [4.78, 5) is 3.57. The molecule has 0 aliphatic rings. The highest BCUT2D eigenvalue weighted by molar-refractivity contribution is 6.18. The second kappa shape index (κ2) is 5.64. The van der Waals surface area contributed by atoms with Crippen molar-refractivity contribution in [3.05, 3.63) is 84.9 Å². The van der Waals surface area contributed by atoms with Gasteiger partial charge in [-0.2, -0.15) is 0 Å². The van der Waals surface area contributed by atoms with Gasteiger partial charge in [-0.25, -0.2) is 0 Å². The van der Waals surface area contributed by atoms with Crippen LogP contribution in [0.15, 0.2) is 84.9 Å². The monoisotopic (exact) mass is 362 g/mol. The molecule has 0 aliphatic carbocycles. The predicted octanol–water partition coefficient (Wildman–Crippen LogP) is 6.43. The fourth-order valence-corrected chi connectivity index (χ4v) is 4.33. The van der Waals surface area contributed by atoms with Crippen LogP contribution in [0.5, 0.6) is 5.75 Å². The summed E-state index contributed by atoms with van der Waals surface area (Å²) in [5.74, 6) is 0.864. The lowest BCUT2D eigenvalue weighted by Gasteiger charge is -2.07. The molecule has 0 unspecified atom stereocenters. The van der Waals surface area contributed by atoms with Crippen molar-refractivity contribution in [3.8, 4) is 11.4 Å². The molecule has 3 nitrogen and oxygen atoms in total. The molecule has 0 saturated heterocycles. The van der Waals surface area contributed by atoms with Gasteiger partial charge in [-0.3, -0.25) is 0 Å². The number of rotatable bonds is 2. The predicted molar refractivity (Wildman–Crippen MR) is 117 cm³/mol. The van der Waals surface area contributed by atoms with Crippen molar-refractivity contribution in [3.63, 3.8) is 0 Å². The number of nitrogens with zero attached hydrogens (tertiary/aromatic N) is 1. The van der Waals surface area contributed by atoms with Crippen LogP contribution in [-0.2, 0) is 0 Å². The highest BCUT2D eigenvalue weighted by atomic mass is 16.5. The van der Waals surface area contributed by atoms with Crippen LogP contribution in [0.4, 0.5) is 0 Å². The Morgan fingerprint density at radius 2 is 1.43 bits per heavy atom. The molecule has 0 amide bonds. The summed E-state index contributed by atoms with van der Waals surface area (Å²) in [6.45, 7) is 0. The average molecular weight is 362 g/mol. The van der Waals surface area contributed by atoms with Gasteiger partial charge in [0, 0.05) is 38.8 Å². The van der Waals surface area contributed by atoms with E-state index < -0.39 is 0 Å². The molecule has 0 atom stereocenters. The zero-order valence-corrected chi connectivity index (χ0v) is 15.4. The Kier molecular flexibility index (Phi) is 3.09. The van der Waals surface area contributed by atoms with Crippen LogP contribution < -0.4 is 4.74 Å². The maximum Gasteiger partial charge on any atom is 0.120 e. The van der Waals surface area contributed by atoms with Crippen LogP contribution in [0.1, 0.15) is 0 Å². The minimum atomic E-state index is 0.864. The number of fused-ring (bicyclic) bond motifs is 6. The zero-order chi connectivity index (χ0) is 18.7. The first-order valence-electron chi connectivity index (χ1n) is 9.41. The molecule has 2 aromatic heterocycles. The largest absolute Gasteiger partial charge is 0.497 e. The number of hydrogen-bond donors (Lipinski definition) is 1. The van der Waals surface area contributed by atoms with Crippen LogP contribution in [0, 0.1) is 0 Å². The third-order valence-corrected chi connectivity index (χ3v) is 5.61. The second-order valence-corrected chi connectivity index (χ2v) is 7.14. The van der Waals surface area contributed by atoms with Gasteiger partial charge in [-0.15, -0.1) is 0 Å². The summed E-state index contributed by atoms with van der Waals surface area (Å²) in [5, 5.41) is 4.99. The van der Waals surface area contributed by atoms with E-state index in [2.05, 4.69) is 88.4 Å². The van der Waals surface area contributed by atoms with Gasteiger partial charge >= 0.3 is 0 Å². The van der Waals surface area contributed by atoms with Crippen molar-refractivity contribution in [1.82, 2.24) is 9.55 Å². The summed E-state index contributed by atoms with van der Waals surface area (Å²) in [7, 11) is 1.70. The number of aromatic amines is 1. The summed E-state index contributed by atoms with van der Waals surface area (Å²) in [6, 6.07) is 30.0. The van der Waals surface area contributed by atoms with E-state index in [9.17, 15) is 0 Å². The molecule has 134 valence electrons. The molecule has 28 heavy (non-hydrogen) atoms. The van der Waals surface area contributed by atoms with Crippen molar-refractivity contribution in [1.29, 1.82) is 0 Å². The van der Waals surface area contributed by atoms with Gasteiger partial charge in [0.15, 0.2) is 0 Å². The minimum Gasteiger partial charge on any atom is -0.497 e. The SMILES string of the molecule is COc1ccc2c(c1)[nH]c1cc3c(cc12)c1ccccc1n3-c1ccccc1. The van der Waals surface area contributed by atoms with E-state index >= 15 is 0 Å². The molecule has 0 radical (unpaired) electrons. The summed E-state index contributed by atoms with van der Waals surface area (Å²) >= 11 is 0. The fourth-order valence-electron chi connectivity index (χ4n) is 4.33. The van der Waals surface area contributed by atoms with Crippen LogP contribution in [0.25, 0.3) is 49.3 Å². The lowest BCUT2D eigenvalue weighted by molar-refractivity contribution is 0.415. The highest BCUT2D eigenvalue weighted by Crippen LogP contribution is 2.37. The summed E-state index contributed by atoms with van der Waals surface area (Å²) < 4.78 is 7.73. The summed E-state index contributed by atoms with van der Waals surface area (Å²) in [5.41, 5.74) is 5.83. The van der Waals surface area contributed by atoms with Crippen LogP contribution in [-0.4, -0.2) is 16.7 Å². The number of nitrogens with one attached hydrogen (secondary N) is 1. The highest BCUT2D eigenvalue weighted by Gasteiger charge is 2.15. The zero-order valence-electron chi connectivity index (χ0n) is 15.4. The molecule has 6 rings (SSSR count). The van der Waals surface area contributed by atoms with E-state index in [0.717, 1.165) is 16.8 Å². The lowest BCUT2D eigenvalue weighted by atomic mass is 10.1. The van der Waals surface area contributed by atoms with Gasteiger partial charge in [0.05, 0.1) is 23.7 Å². The molecule has 0 bridgehead atoms. The number of benzene rings is 4. The average Bonchev–Trinajstić information content (AvgIpc) is 3.27. The minimum absolute atomic E-state index is 0.864. The molecular formula is C25H18N2O. The molecule has 0 fully saturated rings. The fraction of sp³-hybridized carbons (Fsp3) is 0.0400. The van der Waals surface area contributed by atoms with E-state index in [4.69, 9.17) is 4.74 Å². The second-order valence-electron chi connectivity index (χ2n) is 7.14. The first-order valence-corrected chi connectivity index (χ1v) is 9.41. The van der Waals surface area contributed by atoms with Gasteiger partial charge in [-0.05, 0) is 42.5 Å². The Morgan fingerprint density at radius 1 is 0.643 bits per heavy atom. The third kappa shape index (κ3) is 2.04. The Labute approximate surface area is 161 Å². The molecule has 0 spiro atoms. The Balaban J connectivity index is 1.78. The first kappa shape index (κ1) is 15.3. The Morgan fingerprint density at radius 3 is 2.29 bits per heavy atom. The van der Waals surface area contributed by atoms with Gasteiger partial charge in [-0.1, -0.05) is 36.4 Å². The number of methoxy groups -OCH3 is 1. The Bertz CT molecular complexity index is 1490. The van der Waals surface area contributed by atoms with Crippen LogP contribution >= 0.6 is 0 Å². The van der Waals surface area contributed by atoms with Crippen molar-refractivity contribution in [2.75, 3.05) is 7.11 Å². The number of hydrogen-bond acceptors (Lipinski definition) is 1. The number of para-hydroxylation sites is 2. The lowest BCUT2D eigenvalue weighted by Crippen LogP contribution is -1.92. The Hall–Kier alpha value is -3.72.